The molecule has 6 nitrogen and oxygen atoms in total. The molecule has 126 valence electrons. The Morgan fingerprint density at radius 2 is 1.78 bits per heavy atom. The molecule has 0 heterocycles. The van der Waals surface area contributed by atoms with Crippen molar-refractivity contribution >= 4 is 11.8 Å². The average Bonchev–Trinajstić information content (AvgIpc) is 2.60. The van der Waals surface area contributed by atoms with Gasteiger partial charge in [-0.2, -0.15) is 0 Å². The van der Waals surface area contributed by atoms with Crippen molar-refractivity contribution in [3.05, 3.63) is 35.9 Å². The number of carbonyl (C=O) groups is 2. The molecule has 6 heteroatoms. The lowest BCUT2D eigenvalue weighted by Crippen LogP contribution is -2.53. The van der Waals surface area contributed by atoms with Crippen molar-refractivity contribution in [1.29, 1.82) is 0 Å². The molecule has 2 atom stereocenters. The molecule has 0 saturated heterocycles. The molecule has 0 aliphatic heterocycles. The Hall–Kier alpha value is -1.76. The van der Waals surface area contributed by atoms with Gasteiger partial charge in [-0.1, -0.05) is 50.3 Å². The third-order valence-electron chi connectivity index (χ3n) is 4.47. The second-order valence-electron chi connectivity index (χ2n) is 6.23. The van der Waals surface area contributed by atoms with E-state index in [0.29, 0.717) is 17.3 Å². The summed E-state index contributed by atoms with van der Waals surface area (Å²) in [6.45, 7) is 0. The summed E-state index contributed by atoms with van der Waals surface area (Å²) in [5.74, 6) is 4.50. The second kappa shape index (κ2) is 8.19. The van der Waals surface area contributed by atoms with Gasteiger partial charge in [0.15, 0.2) is 0 Å². The molecule has 5 N–H and O–H groups in total. The predicted octanol–water partition coefficient (Wildman–Crippen LogP) is 1.19. The molecule has 1 aliphatic rings. The first kappa shape index (κ1) is 17.6. The summed E-state index contributed by atoms with van der Waals surface area (Å²) < 4.78 is 0. The molecule has 1 aliphatic carbocycles. The molecule has 1 fully saturated rings. The molecule has 0 aromatic heterocycles. The van der Waals surface area contributed by atoms with Crippen LogP contribution in [0.4, 0.5) is 0 Å². The van der Waals surface area contributed by atoms with Gasteiger partial charge in [-0.3, -0.25) is 9.59 Å². The number of hydrazine groups is 1. The molecule has 1 saturated carbocycles. The third-order valence-corrected chi connectivity index (χ3v) is 4.47. The Kier molecular flexibility index (Phi) is 6.27. The molecule has 23 heavy (non-hydrogen) atoms. The van der Waals surface area contributed by atoms with Crippen LogP contribution in [-0.2, 0) is 4.79 Å². The zero-order valence-corrected chi connectivity index (χ0v) is 13.2. The Morgan fingerprint density at radius 3 is 2.39 bits per heavy atom. The lowest BCUT2D eigenvalue weighted by Gasteiger charge is -2.27. The van der Waals surface area contributed by atoms with Crippen molar-refractivity contribution in [2.45, 2.75) is 50.7 Å². The van der Waals surface area contributed by atoms with E-state index in [4.69, 9.17) is 11.6 Å². The highest BCUT2D eigenvalue weighted by Gasteiger charge is 2.31. The number of aliphatic hydroxyl groups is 1. The van der Waals surface area contributed by atoms with Crippen molar-refractivity contribution in [1.82, 2.24) is 5.01 Å². The quantitative estimate of drug-likeness (QED) is 0.429. The van der Waals surface area contributed by atoms with Gasteiger partial charge >= 0.3 is 0 Å². The smallest absolute Gasteiger partial charge is 0.274 e. The van der Waals surface area contributed by atoms with E-state index in [9.17, 15) is 14.7 Å². The van der Waals surface area contributed by atoms with Gasteiger partial charge in [-0.25, -0.2) is 10.9 Å². The van der Waals surface area contributed by atoms with Crippen LogP contribution in [0.5, 0.6) is 0 Å². The predicted molar refractivity (Wildman–Crippen MR) is 87.0 cm³/mol. The highest BCUT2D eigenvalue weighted by atomic mass is 16.3. The topological polar surface area (TPSA) is 110 Å². The van der Waals surface area contributed by atoms with Crippen LogP contribution in [0.2, 0.25) is 0 Å². The molecular weight excluding hydrogens is 294 g/mol. The summed E-state index contributed by atoms with van der Waals surface area (Å²) in [6, 6.07) is 7.52. The average molecular weight is 319 g/mol. The van der Waals surface area contributed by atoms with Gasteiger partial charge in [-0.05, 0) is 24.5 Å². The van der Waals surface area contributed by atoms with E-state index < -0.39 is 24.0 Å². The van der Waals surface area contributed by atoms with Crippen LogP contribution in [0.1, 0.15) is 48.9 Å². The van der Waals surface area contributed by atoms with Gasteiger partial charge in [0.2, 0.25) is 0 Å². The van der Waals surface area contributed by atoms with Crippen LogP contribution in [0.3, 0.4) is 0 Å². The fraction of sp³-hybridized carbons (Fsp3) is 0.529. The van der Waals surface area contributed by atoms with Gasteiger partial charge in [-0.15, -0.1) is 0 Å². The molecule has 0 spiro atoms. The van der Waals surface area contributed by atoms with Crippen LogP contribution in [0, 0.1) is 5.92 Å². The zero-order chi connectivity index (χ0) is 16.8. The summed E-state index contributed by atoms with van der Waals surface area (Å²) in [5, 5.41) is 10.6. The molecule has 2 amide bonds. The van der Waals surface area contributed by atoms with Gasteiger partial charge < -0.3 is 10.8 Å². The van der Waals surface area contributed by atoms with Gasteiger partial charge in [0.1, 0.15) is 6.10 Å². The molecule has 0 bridgehead atoms. The normalized spacial score (nSPS) is 18.2. The number of hydrogen-bond donors (Lipinski definition) is 3. The molecule has 1 unspecified atom stereocenters. The van der Waals surface area contributed by atoms with Crippen LogP contribution >= 0.6 is 0 Å². The van der Waals surface area contributed by atoms with Crippen LogP contribution in [0.15, 0.2) is 30.3 Å². The summed E-state index contributed by atoms with van der Waals surface area (Å²) >= 11 is 0. The minimum Gasteiger partial charge on any atom is -0.382 e. The Balaban J connectivity index is 1.93. The highest BCUT2D eigenvalue weighted by molar-refractivity contribution is 6.05. The minimum atomic E-state index is -1.46. The molecule has 1 aromatic carbocycles. The molecule has 2 rings (SSSR count). The maximum Gasteiger partial charge on any atom is 0.274 e. The van der Waals surface area contributed by atoms with E-state index in [-0.39, 0.29) is 5.56 Å². The number of imide groups is 1. The Morgan fingerprint density at radius 1 is 1.17 bits per heavy atom. The Bertz CT molecular complexity index is 529. The monoisotopic (exact) mass is 319 g/mol. The minimum absolute atomic E-state index is 0.288. The van der Waals surface area contributed by atoms with Gasteiger partial charge in [0.25, 0.3) is 11.8 Å². The Labute approximate surface area is 136 Å². The van der Waals surface area contributed by atoms with E-state index in [1.54, 1.807) is 30.3 Å². The lowest BCUT2D eigenvalue weighted by atomic mass is 9.84. The van der Waals surface area contributed by atoms with Crippen LogP contribution in [0.25, 0.3) is 0 Å². The highest BCUT2D eigenvalue weighted by Crippen LogP contribution is 2.27. The van der Waals surface area contributed by atoms with Gasteiger partial charge in [0.05, 0.1) is 0 Å². The summed E-state index contributed by atoms with van der Waals surface area (Å²) in [4.78, 5) is 24.3. The number of aliphatic hydroxyl groups excluding tert-OH is 1. The first-order chi connectivity index (χ1) is 11.0. The van der Waals surface area contributed by atoms with Crippen molar-refractivity contribution in [2.24, 2.45) is 17.5 Å². The number of carbonyl (C=O) groups excluding carboxylic acids is 2. The van der Waals surface area contributed by atoms with Gasteiger partial charge in [0, 0.05) is 11.6 Å². The maximum absolute atomic E-state index is 12.2. The number of rotatable bonds is 5. The summed E-state index contributed by atoms with van der Waals surface area (Å²) in [7, 11) is 0. The first-order valence-corrected chi connectivity index (χ1v) is 8.12. The first-order valence-electron chi connectivity index (χ1n) is 8.12. The summed E-state index contributed by atoms with van der Waals surface area (Å²) in [5.41, 5.74) is 6.25. The van der Waals surface area contributed by atoms with Crippen molar-refractivity contribution in [3.63, 3.8) is 0 Å². The third kappa shape index (κ3) is 4.60. The lowest BCUT2D eigenvalue weighted by molar-refractivity contribution is -0.138. The maximum atomic E-state index is 12.2. The second-order valence-corrected chi connectivity index (χ2v) is 6.23. The van der Waals surface area contributed by atoms with E-state index in [1.807, 2.05) is 0 Å². The van der Waals surface area contributed by atoms with E-state index in [0.717, 1.165) is 25.7 Å². The van der Waals surface area contributed by atoms with Crippen LogP contribution in [-0.4, -0.2) is 34.1 Å². The number of nitrogens with two attached hydrogens (primary N) is 2. The largest absolute Gasteiger partial charge is 0.382 e. The van der Waals surface area contributed by atoms with E-state index in [2.05, 4.69) is 0 Å². The van der Waals surface area contributed by atoms with Crippen molar-refractivity contribution in [3.8, 4) is 0 Å². The van der Waals surface area contributed by atoms with Crippen molar-refractivity contribution in [2.75, 3.05) is 0 Å². The number of benzene rings is 1. The fourth-order valence-corrected chi connectivity index (χ4v) is 3.08. The standard InChI is InChI=1S/C17H25N3O3/c18-14(11-12-7-3-1-4-8-12)15(21)17(23)20(19)16(22)13-9-5-2-6-10-13/h2,5-6,9-10,12,14-15,21H,1,3-4,7-8,11,18-19H2/t14-,15?/m1/s1. The van der Waals surface area contributed by atoms with Crippen LogP contribution < -0.4 is 11.6 Å². The SMILES string of the molecule is N[C@H](CC1CCCCC1)C(O)C(=O)N(N)C(=O)c1ccccc1. The zero-order valence-electron chi connectivity index (χ0n) is 13.2. The number of nitrogens with zero attached hydrogens (tertiary/aromatic N) is 1. The number of amides is 2. The molecule has 0 radical (unpaired) electrons. The fourth-order valence-electron chi connectivity index (χ4n) is 3.08. The molecular formula is C17H25N3O3. The van der Waals surface area contributed by atoms with E-state index >= 15 is 0 Å². The summed E-state index contributed by atoms with van der Waals surface area (Å²) in [6.07, 6.45) is 4.81. The molecule has 1 aromatic rings. The number of hydrogen-bond acceptors (Lipinski definition) is 5. The van der Waals surface area contributed by atoms with E-state index in [1.165, 1.54) is 6.42 Å². The van der Waals surface area contributed by atoms with Crippen molar-refractivity contribution < 1.29 is 14.7 Å².